The highest BCUT2D eigenvalue weighted by Crippen LogP contribution is 2.25. The van der Waals surface area contributed by atoms with Crippen LogP contribution >= 0.6 is 0 Å². The van der Waals surface area contributed by atoms with Gasteiger partial charge in [0.2, 0.25) is 0 Å². The molecule has 3 rings (SSSR count). The molecule has 0 aliphatic heterocycles. The summed E-state index contributed by atoms with van der Waals surface area (Å²) in [5.41, 5.74) is 3.00. The van der Waals surface area contributed by atoms with E-state index < -0.39 is 0 Å². The van der Waals surface area contributed by atoms with E-state index in [9.17, 15) is 0 Å². The maximum absolute atomic E-state index is 6.08. The zero-order valence-corrected chi connectivity index (χ0v) is 23.9. The van der Waals surface area contributed by atoms with Crippen LogP contribution < -0.4 is 9.47 Å². The second-order valence-corrected chi connectivity index (χ2v) is 10.4. The number of aromatic nitrogens is 1. The Labute approximate surface area is 231 Å². The van der Waals surface area contributed by atoms with Crippen LogP contribution in [0.1, 0.15) is 115 Å². The standard InChI is InChI=1S/C35H49NO2/c1-3-5-7-9-10-11-12-13-14-16-28-37-33-26-21-30(22-27-33)20-24-32-25-23-31-18-17-19-34(35(31)36-32)38-29-15-8-6-4-2/h17-27H,3-16,28-29H2,1-2H3/b24-20+. The Morgan fingerprint density at radius 2 is 1.18 bits per heavy atom. The van der Waals surface area contributed by atoms with Gasteiger partial charge in [0.1, 0.15) is 17.0 Å². The first-order valence-corrected chi connectivity index (χ1v) is 15.2. The van der Waals surface area contributed by atoms with Crippen LogP contribution in [0.15, 0.2) is 54.6 Å². The highest BCUT2D eigenvalue weighted by molar-refractivity contribution is 5.86. The molecule has 206 valence electrons. The van der Waals surface area contributed by atoms with Gasteiger partial charge < -0.3 is 9.47 Å². The molecule has 1 heterocycles. The summed E-state index contributed by atoms with van der Waals surface area (Å²) in [6.45, 7) is 6.05. The summed E-state index contributed by atoms with van der Waals surface area (Å²) >= 11 is 0. The minimum Gasteiger partial charge on any atom is -0.494 e. The van der Waals surface area contributed by atoms with Crippen molar-refractivity contribution in [2.24, 2.45) is 0 Å². The molecular weight excluding hydrogens is 466 g/mol. The lowest BCUT2D eigenvalue weighted by Crippen LogP contribution is -1.99. The van der Waals surface area contributed by atoms with E-state index in [0.29, 0.717) is 0 Å². The Hall–Kier alpha value is -2.81. The van der Waals surface area contributed by atoms with Crippen molar-refractivity contribution in [1.82, 2.24) is 4.98 Å². The second kappa shape index (κ2) is 18.4. The number of hydrogen-bond donors (Lipinski definition) is 0. The summed E-state index contributed by atoms with van der Waals surface area (Å²) < 4.78 is 12.0. The number of pyridine rings is 1. The van der Waals surface area contributed by atoms with Crippen molar-refractivity contribution in [2.45, 2.75) is 104 Å². The number of unbranched alkanes of at least 4 members (excludes halogenated alkanes) is 12. The molecule has 0 saturated carbocycles. The summed E-state index contributed by atoms with van der Waals surface area (Å²) in [4.78, 5) is 4.88. The van der Waals surface area contributed by atoms with Crippen molar-refractivity contribution in [3.8, 4) is 11.5 Å². The zero-order valence-electron chi connectivity index (χ0n) is 23.9. The predicted molar refractivity (Wildman–Crippen MR) is 164 cm³/mol. The maximum atomic E-state index is 6.08. The lowest BCUT2D eigenvalue weighted by molar-refractivity contribution is 0.304. The number of para-hydroxylation sites is 1. The lowest BCUT2D eigenvalue weighted by Gasteiger charge is -2.09. The molecule has 38 heavy (non-hydrogen) atoms. The van der Waals surface area contributed by atoms with E-state index in [4.69, 9.17) is 14.5 Å². The minimum absolute atomic E-state index is 0.745. The number of rotatable bonds is 20. The number of nitrogens with zero attached hydrogens (tertiary/aromatic N) is 1. The van der Waals surface area contributed by atoms with E-state index in [1.807, 2.05) is 12.1 Å². The van der Waals surface area contributed by atoms with Crippen molar-refractivity contribution in [2.75, 3.05) is 13.2 Å². The van der Waals surface area contributed by atoms with E-state index in [1.54, 1.807) is 0 Å². The molecule has 0 radical (unpaired) electrons. The Morgan fingerprint density at radius 3 is 1.87 bits per heavy atom. The van der Waals surface area contributed by atoms with Crippen LogP contribution in [0.4, 0.5) is 0 Å². The van der Waals surface area contributed by atoms with Gasteiger partial charge in [-0.1, -0.05) is 127 Å². The summed E-state index contributed by atoms with van der Waals surface area (Å²) in [6, 6.07) is 18.7. The number of fused-ring (bicyclic) bond motifs is 1. The average molecular weight is 516 g/mol. The number of ether oxygens (including phenoxy) is 2. The molecule has 0 bridgehead atoms. The molecule has 1 aromatic heterocycles. The van der Waals surface area contributed by atoms with Crippen LogP contribution in [0, 0.1) is 0 Å². The Kier molecular flexibility index (Phi) is 14.4. The van der Waals surface area contributed by atoms with Crippen molar-refractivity contribution in [3.05, 3.63) is 65.9 Å². The number of benzene rings is 2. The van der Waals surface area contributed by atoms with Crippen LogP contribution in [-0.2, 0) is 0 Å². The van der Waals surface area contributed by atoms with Crippen molar-refractivity contribution < 1.29 is 9.47 Å². The highest BCUT2D eigenvalue weighted by Gasteiger charge is 2.04. The molecule has 3 aromatic rings. The molecule has 0 amide bonds. The Bertz CT molecular complexity index is 1060. The second-order valence-electron chi connectivity index (χ2n) is 10.4. The predicted octanol–water partition coefficient (Wildman–Crippen LogP) is 10.7. The smallest absolute Gasteiger partial charge is 0.145 e. The van der Waals surface area contributed by atoms with Gasteiger partial charge >= 0.3 is 0 Å². The van der Waals surface area contributed by atoms with Crippen LogP contribution in [0.5, 0.6) is 11.5 Å². The first-order chi connectivity index (χ1) is 18.8. The summed E-state index contributed by atoms with van der Waals surface area (Å²) in [7, 11) is 0. The molecule has 0 unspecified atom stereocenters. The van der Waals surface area contributed by atoms with Gasteiger partial charge in [-0.15, -0.1) is 0 Å². The van der Waals surface area contributed by atoms with E-state index in [2.05, 4.69) is 68.5 Å². The van der Waals surface area contributed by atoms with Crippen LogP contribution in [0.25, 0.3) is 23.1 Å². The van der Waals surface area contributed by atoms with Gasteiger partial charge in [-0.25, -0.2) is 4.98 Å². The lowest BCUT2D eigenvalue weighted by atomic mass is 10.1. The van der Waals surface area contributed by atoms with Gasteiger partial charge in [-0.3, -0.25) is 0 Å². The Morgan fingerprint density at radius 1 is 0.579 bits per heavy atom. The van der Waals surface area contributed by atoms with Crippen LogP contribution in [0.2, 0.25) is 0 Å². The van der Waals surface area contributed by atoms with Gasteiger partial charge in [0.15, 0.2) is 0 Å². The summed E-state index contributed by atoms with van der Waals surface area (Å²) in [5, 5.41) is 1.11. The minimum atomic E-state index is 0.745. The molecular formula is C35H49NO2. The third-order valence-electron chi connectivity index (χ3n) is 7.05. The SMILES string of the molecule is CCCCCCCCCCCCOc1ccc(/C=C/c2ccc3cccc(OCCCCCC)c3n2)cc1. The van der Waals surface area contributed by atoms with E-state index >= 15 is 0 Å². The van der Waals surface area contributed by atoms with E-state index in [1.165, 1.54) is 77.0 Å². The molecule has 0 N–H and O–H groups in total. The molecule has 2 aromatic carbocycles. The molecule has 0 atom stereocenters. The van der Waals surface area contributed by atoms with Gasteiger partial charge in [0, 0.05) is 5.39 Å². The average Bonchev–Trinajstić information content (AvgIpc) is 2.95. The third kappa shape index (κ3) is 11.3. The number of hydrogen-bond acceptors (Lipinski definition) is 3. The maximum Gasteiger partial charge on any atom is 0.145 e. The van der Waals surface area contributed by atoms with Crippen molar-refractivity contribution in [3.63, 3.8) is 0 Å². The molecule has 0 aliphatic carbocycles. The van der Waals surface area contributed by atoms with Gasteiger partial charge in [0.25, 0.3) is 0 Å². The monoisotopic (exact) mass is 515 g/mol. The van der Waals surface area contributed by atoms with Gasteiger partial charge in [-0.05, 0) is 48.7 Å². The fourth-order valence-electron chi connectivity index (χ4n) is 4.69. The van der Waals surface area contributed by atoms with Gasteiger partial charge in [-0.2, -0.15) is 0 Å². The van der Waals surface area contributed by atoms with E-state index in [-0.39, 0.29) is 0 Å². The summed E-state index contributed by atoms with van der Waals surface area (Å²) in [5.74, 6) is 1.82. The molecule has 3 nitrogen and oxygen atoms in total. The molecule has 0 aliphatic rings. The largest absolute Gasteiger partial charge is 0.494 e. The van der Waals surface area contributed by atoms with E-state index in [0.717, 1.165) is 59.7 Å². The first-order valence-electron chi connectivity index (χ1n) is 15.2. The van der Waals surface area contributed by atoms with Crippen molar-refractivity contribution >= 4 is 23.1 Å². The molecule has 0 saturated heterocycles. The topological polar surface area (TPSA) is 31.4 Å². The zero-order chi connectivity index (χ0) is 26.7. The van der Waals surface area contributed by atoms with Gasteiger partial charge in [0.05, 0.1) is 18.9 Å². The normalized spacial score (nSPS) is 11.4. The Balaban J connectivity index is 1.40. The summed E-state index contributed by atoms with van der Waals surface area (Å²) in [6.07, 6.45) is 22.4. The molecule has 0 fully saturated rings. The fourth-order valence-corrected chi connectivity index (χ4v) is 4.69. The molecule has 0 spiro atoms. The first kappa shape index (κ1) is 29.7. The van der Waals surface area contributed by atoms with Crippen LogP contribution in [0.3, 0.4) is 0 Å². The van der Waals surface area contributed by atoms with Crippen LogP contribution in [-0.4, -0.2) is 18.2 Å². The van der Waals surface area contributed by atoms with Crippen molar-refractivity contribution in [1.29, 1.82) is 0 Å². The quantitative estimate of drug-likeness (QED) is 0.140. The fraction of sp³-hybridized carbons (Fsp3) is 0.514. The molecule has 3 heteroatoms. The highest BCUT2D eigenvalue weighted by atomic mass is 16.5. The third-order valence-corrected chi connectivity index (χ3v) is 7.05.